The molecule has 5 nitrogen and oxygen atoms in total. The quantitative estimate of drug-likeness (QED) is 0.799. The van der Waals surface area contributed by atoms with Crippen molar-refractivity contribution < 1.29 is 19.4 Å². The van der Waals surface area contributed by atoms with Gasteiger partial charge in [0.2, 0.25) is 0 Å². The van der Waals surface area contributed by atoms with Crippen molar-refractivity contribution >= 4 is 5.78 Å². The van der Waals surface area contributed by atoms with E-state index in [0.29, 0.717) is 24.3 Å². The summed E-state index contributed by atoms with van der Waals surface area (Å²) in [7, 11) is 1.61. The molecule has 2 aliphatic heterocycles. The maximum Gasteiger partial charge on any atom is 0.174 e. The fourth-order valence-corrected chi connectivity index (χ4v) is 5.37. The summed E-state index contributed by atoms with van der Waals surface area (Å²) in [4.78, 5) is 12.6. The van der Waals surface area contributed by atoms with Crippen molar-refractivity contribution in [2.45, 2.75) is 48.8 Å². The Bertz CT molecular complexity index is 702. The molecule has 2 N–H and O–H groups in total. The Labute approximate surface area is 128 Å². The number of carbonyl (C=O) groups is 1. The molecule has 1 aromatic rings. The summed E-state index contributed by atoms with van der Waals surface area (Å²) in [5.41, 5.74) is 0.699. The summed E-state index contributed by atoms with van der Waals surface area (Å²) in [6, 6.07) is 3.96. The van der Waals surface area contributed by atoms with Crippen LogP contribution in [0.15, 0.2) is 12.1 Å². The number of ether oxygens (including phenoxy) is 2. The van der Waals surface area contributed by atoms with Gasteiger partial charge in [0.25, 0.3) is 0 Å². The molecule has 0 radical (unpaired) electrons. The van der Waals surface area contributed by atoms with Crippen LogP contribution in [-0.4, -0.2) is 42.3 Å². The zero-order valence-electron chi connectivity index (χ0n) is 12.5. The second-order valence-electron chi connectivity index (χ2n) is 6.95. The molecule has 22 heavy (non-hydrogen) atoms. The van der Waals surface area contributed by atoms with Gasteiger partial charge in [-0.2, -0.15) is 0 Å². The third-order valence-electron chi connectivity index (χ3n) is 6.29. The van der Waals surface area contributed by atoms with Crippen LogP contribution in [0.3, 0.4) is 0 Å². The van der Waals surface area contributed by atoms with E-state index in [1.807, 2.05) is 6.07 Å². The third-order valence-corrected chi connectivity index (χ3v) is 6.29. The Hall–Kier alpha value is -1.59. The lowest BCUT2D eigenvalue weighted by Crippen LogP contribution is -2.76. The second-order valence-corrected chi connectivity index (χ2v) is 6.95. The fourth-order valence-electron chi connectivity index (χ4n) is 5.37. The first kappa shape index (κ1) is 12.9. The predicted octanol–water partition coefficient (Wildman–Crippen LogP) is 0.706. The molecule has 1 unspecified atom stereocenters. The van der Waals surface area contributed by atoms with Crippen molar-refractivity contribution in [2.75, 3.05) is 13.7 Å². The standard InChI is InChI=1S/C17H19NO4/c1-21-11-3-2-9-8-12-17(20)5-4-10(19)15-16(17,6-7-18-12)13(9)14(11)22-15/h2-3,12,15,18,20H,4-8H2,1H3/t12?,15-,16-,17+/m0/s1. The average molecular weight is 301 g/mol. The molecule has 2 fully saturated rings. The van der Waals surface area contributed by atoms with Gasteiger partial charge in [-0.3, -0.25) is 4.79 Å². The number of piperidine rings is 1. The summed E-state index contributed by atoms with van der Waals surface area (Å²) >= 11 is 0. The Morgan fingerprint density at radius 3 is 3.09 bits per heavy atom. The number of hydrogen-bond donors (Lipinski definition) is 2. The van der Waals surface area contributed by atoms with Gasteiger partial charge in [-0.05, 0) is 37.4 Å². The van der Waals surface area contributed by atoms with Gasteiger partial charge in [-0.25, -0.2) is 0 Å². The molecule has 2 bridgehead atoms. The van der Waals surface area contributed by atoms with Crippen LogP contribution in [0.1, 0.15) is 30.4 Å². The molecule has 2 heterocycles. The second kappa shape index (κ2) is 3.84. The van der Waals surface area contributed by atoms with Crippen LogP contribution in [0.4, 0.5) is 0 Å². The van der Waals surface area contributed by atoms with Crippen LogP contribution in [-0.2, 0) is 16.6 Å². The average Bonchev–Trinajstić information content (AvgIpc) is 2.85. The number of nitrogens with one attached hydrogen (secondary N) is 1. The summed E-state index contributed by atoms with van der Waals surface area (Å²) in [5.74, 6) is 1.45. The Kier molecular flexibility index (Phi) is 2.25. The SMILES string of the molecule is COc1ccc2c3c1O[C@H]1C(=O)CC[C@@]4(O)C(C2)NCC[C@]314. The zero-order valence-corrected chi connectivity index (χ0v) is 12.5. The van der Waals surface area contributed by atoms with Gasteiger partial charge >= 0.3 is 0 Å². The van der Waals surface area contributed by atoms with Gasteiger partial charge in [-0.15, -0.1) is 0 Å². The molecule has 5 heteroatoms. The number of Topliss-reactive ketones (excluding diaryl/α,β-unsaturated/α-hetero) is 1. The highest BCUT2D eigenvalue weighted by molar-refractivity contribution is 5.90. The Balaban J connectivity index is 1.87. The summed E-state index contributed by atoms with van der Waals surface area (Å²) in [5, 5.41) is 15.0. The van der Waals surface area contributed by atoms with Crippen LogP contribution in [0.25, 0.3) is 0 Å². The van der Waals surface area contributed by atoms with Crippen molar-refractivity contribution in [3.8, 4) is 11.5 Å². The van der Waals surface area contributed by atoms with E-state index in [-0.39, 0.29) is 11.8 Å². The minimum Gasteiger partial charge on any atom is -0.493 e. The van der Waals surface area contributed by atoms with E-state index in [1.165, 1.54) is 5.56 Å². The van der Waals surface area contributed by atoms with E-state index in [2.05, 4.69) is 11.4 Å². The molecule has 1 spiro atoms. The van der Waals surface area contributed by atoms with E-state index < -0.39 is 17.1 Å². The number of ketones is 1. The van der Waals surface area contributed by atoms with Crippen LogP contribution < -0.4 is 14.8 Å². The van der Waals surface area contributed by atoms with Crippen LogP contribution in [0.2, 0.25) is 0 Å². The number of carbonyl (C=O) groups excluding carboxylic acids is 1. The maximum atomic E-state index is 12.6. The minimum atomic E-state index is -0.908. The molecule has 4 atom stereocenters. The first-order valence-corrected chi connectivity index (χ1v) is 7.97. The highest BCUT2D eigenvalue weighted by Gasteiger charge is 2.71. The zero-order chi connectivity index (χ0) is 15.1. The normalized spacial score (nSPS) is 40.9. The smallest absolute Gasteiger partial charge is 0.174 e. The van der Waals surface area contributed by atoms with E-state index in [4.69, 9.17) is 9.47 Å². The molecule has 0 aromatic heterocycles. The number of benzene rings is 1. The van der Waals surface area contributed by atoms with E-state index in [0.717, 1.165) is 24.9 Å². The van der Waals surface area contributed by atoms with Crippen molar-refractivity contribution in [3.63, 3.8) is 0 Å². The number of methoxy groups -OCH3 is 1. The van der Waals surface area contributed by atoms with E-state index in [1.54, 1.807) is 7.11 Å². The number of hydrogen-bond acceptors (Lipinski definition) is 5. The van der Waals surface area contributed by atoms with Gasteiger partial charge in [0.15, 0.2) is 23.4 Å². The Morgan fingerprint density at radius 2 is 2.27 bits per heavy atom. The van der Waals surface area contributed by atoms with Gasteiger partial charge in [0.1, 0.15) is 0 Å². The number of rotatable bonds is 1. The lowest BCUT2D eigenvalue weighted by molar-refractivity contribution is -0.166. The molecule has 1 saturated carbocycles. The highest BCUT2D eigenvalue weighted by atomic mass is 16.5. The van der Waals surface area contributed by atoms with Crippen molar-refractivity contribution in [1.82, 2.24) is 5.32 Å². The minimum absolute atomic E-state index is 0.00713. The van der Waals surface area contributed by atoms with Gasteiger partial charge in [-0.1, -0.05) is 6.07 Å². The van der Waals surface area contributed by atoms with Crippen molar-refractivity contribution in [3.05, 3.63) is 23.3 Å². The monoisotopic (exact) mass is 301 g/mol. The molecule has 0 amide bonds. The van der Waals surface area contributed by atoms with Crippen LogP contribution >= 0.6 is 0 Å². The summed E-state index contributed by atoms with van der Waals surface area (Å²) in [6.07, 6.45) is 1.83. The molecule has 5 rings (SSSR count). The first-order valence-electron chi connectivity index (χ1n) is 7.97. The van der Waals surface area contributed by atoms with Crippen molar-refractivity contribution in [2.24, 2.45) is 0 Å². The highest BCUT2D eigenvalue weighted by Crippen LogP contribution is 2.63. The largest absolute Gasteiger partial charge is 0.493 e. The summed E-state index contributed by atoms with van der Waals surface area (Å²) in [6.45, 7) is 0.802. The molecule has 4 aliphatic rings. The molecule has 1 saturated heterocycles. The summed E-state index contributed by atoms with van der Waals surface area (Å²) < 4.78 is 11.6. The molecule has 1 aromatic carbocycles. The third kappa shape index (κ3) is 1.16. The van der Waals surface area contributed by atoms with Gasteiger partial charge in [0, 0.05) is 18.0 Å². The fraction of sp³-hybridized carbons (Fsp3) is 0.588. The van der Waals surface area contributed by atoms with Crippen LogP contribution in [0, 0.1) is 0 Å². The van der Waals surface area contributed by atoms with E-state index >= 15 is 0 Å². The Morgan fingerprint density at radius 1 is 1.41 bits per heavy atom. The first-order chi connectivity index (χ1) is 10.6. The van der Waals surface area contributed by atoms with Crippen molar-refractivity contribution in [1.29, 1.82) is 0 Å². The molecule has 2 aliphatic carbocycles. The maximum absolute atomic E-state index is 12.6. The van der Waals surface area contributed by atoms with Gasteiger partial charge < -0.3 is 19.9 Å². The lowest BCUT2D eigenvalue weighted by Gasteiger charge is -2.59. The predicted molar refractivity (Wildman–Crippen MR) is 78.4 cm³/mol. The molecular formula is C17H19NO4. The van der Waals surface area contributed by atoms with E-state index in [9.17, 15) is 9.90 Å². The molecular weight excluding hydrogens is 282 g/mol. The number of aliphatic hydroxyl groups is 1. The van der Waals surface area contributed by atoms with Gasteiger partial charge in [0.05, 0.1) is 18.1 Å². The topological polar surface area (TPSA) is 67.8 Å². The van der Waals surface area contributed by atoms with Crippen LogP contribution in [0.5, 0.6) is 11.5 Å². The molecule has 116 valence electrons. The lowest BCUT2D eigenvalue weighted by atomic mass is 9.49.